The van der Waals surface area contributed by atoms with Gasteiger partial charge in [-0.2, -0.15) is 0 Å². The molecule has 0 heterocycles. The maximum absolute atomic E-state index is 14.1. The third kappa shape index (κ3) is 7.47. The van der Waals surface area contributed by atoms with E-state index < -0.39 is 28.5 Å². The number of hydrogen-bond donors (Lipinski definition) is 1. The highest BCUT2D eigenvalue weighted by Crippen LogP contribution is 2.26. The first-order valence-corrected chi connectivity index (χ1v) is 14.7. The number of nitrogens with one attached hydrogen (secondary N) is 1. The van der Waals surface area contributed by atoms with Crippen molar-refractivity contribution in [2.75, 3.05) is 10.8 Å². The van der Waals surface area contributed by atoms with Crippen molar-refractivity contribution in [2.24, 2.45) is 0 Å². The van der Waals surface area contributed by atoms with E-state index in [0.717, 1.165) is 26.6 Å². The van der Waals surface area contributed by atoms with Crippen LogP contribution in [0.25, 0.3) is 0 Å². The summed E-state index contributed by atoms with van der Waals surface area (Å²) in [6, 6.07) is 20.3. The minimum atomic E-state index is -4.08. The van der Waals surface area contributed by atoms with Crippen LogP contribution in [-0.2, 0) is 26.2 Å². The molecule has 0 bridgehead atoms. The molecule has 0 spiro atoms. The second kappa shape index (κ2) is 12.9. The van der Waals surface area contributed by atoms with Gasteiger partial charge in [-0.15, -0.1) is 0 Å². The fourth-order valence-corrected chi connectivity index (χ4v) is 5.75. The van der Waals surface area contributed by atoms with Crippen LogP contribution in [0.1, 0.15) is 49.4 Å². The van der Waals surface area contributed by atoms with E-state index in [1.54, 1.807) is 30.3 Å². The number of aryl methyl sites for hydroxylation is 3. The van der Waals surface area contributed by atoms with Gasteiger partial charge in [0.15, 0.2) is 0 Å². The van der Waals surface area contributed by atoms with Crippen LogP contribution in [0.4, 0.5) is 5.69 Å². The number of nitrogens with zero attached hydrogens (tertiary/aromatic N) is 2. The van der Waals surface area contributed by atoms with Crippen molar-refractivity contribution in [3.05, 3.63) is 95.1 Å². The van der Waals surface area contributed by atoms with Crippen molar-refractivity contribution in [1.82, 2.24) is 10.2 Å². The van der Waals surface area contributed by atoms with E-state index >= 15 is 0 Å². The predicted molar refractivity (Wildman–Crippen MR) is 156 cm³/mol. The molecular formula is C31H39N3O4S. The predicted octanol–water partition coefficient (Wildman–Crippen LogP) is 5.14. The van der Waals surface area contributed by atoms with Gasteiger partial charge in [0, 0.05) is 12.6 Å². The van der Waals surface area contributed by atoms with Gasteiger partial charge in [0.1, 0.15) is 12.6 Å². The van der Waals surface area contributed by atoms with E-state index in [0.29, 0.717) is 12.1 Å². The first-order chi connectivity index (χ1) is 18.4. The van der Waals surface area contributed by atoms with Gasteiger partial charge in [-0.1, -0.05) is 61.0 Å². The number of sulfonamides is 1. The third-order valence-corrected chi connectivity index (χ3v) is 8.47. The van der Waals surface area contributed by atoms with E-state index in [-0.39, 0.29) is 23.4 Å². The molecule has 0 aliphatic heterocycles. The molecular weight excluding hydrogens is 510 g/mol. The molecule has 7 nitrogen and oxygen atoms in total. The number of hydrogen-bond acceptors (Lipinski definition) is 4. The Kier molecular flexibility index (Phi) is 9.92. The maximum atomic E-state index is 14.1. The maximum Gasteiger partial charge on any atom is 0.264 e. The van der Waals surface area contributed by atoms with E-state index in [9.17, 15) is 18.0 Å². The largest absolute Gasteiger partial charge is 0.352 e. The zero-order chi connectivity index (χ0) is 28.7. The summed E-state index contributed by atoms with van der Waals surface area (Å²) in [4.78, 5) is 28.8. The minimum absolute atomic E-state index is 0.0886. The van der Waals surface area contributed by atoms with Gasteiger partial charge in [0.2, 0.25) is 11.8 Å². The molecule has 0 saturated heterocycles. The zero-order valence-corrected chi connectivity index (χ0v) is 24.5. The van der Waals surface area contributed by atoms with Gasteiger partial charge in [-0.25, -0.2) is 8.42 Å². The smallest absolute Gasteiger partial charge is 0.264 e. The highest BCUT2D eigenvalue weighted by Gasteiger charge is 2.33. The number of carbonyl (C=O) groups is 2. The minimum Gasteiger partial charge on any atom is -0.352 e. The fourth-order valence-electron chi connectivity index (χ4n) is 4.32. The van der Waals surface area contributed by atoms with Crippen molar-refractivity contribution < 1.29 is 18.0 Å². The molecule has 3 aromatic rings. The molecule has 1 atom stereocenters. The van der Waals surface area contributed by atoms with Gasteiger partial charge in [-0.05, 0) is 82.0 Å². The molecule has 0 fully saturated rings. The SMILES string of the molecule is CC[C@@H](C(=O)NC(C)C)N(Cc1ccc(C)cc1)C(=O)CN(c1ccc(C)c(C)c1)S(=O)(=O)c1ccccc1. The van der Waals surface area contributed by atoms with Gasteiger partial charge >= 0.3 is 0 Å². The average molecular weight is 550 g/mol. The fraction of sp³-hybridized carbons (Fsp3) is 0.355. The molecule has 0 aliphatic rings. The normalized spacial score (nSPS) is 12.2. The number of carbonyl (C=O) groups excluding carboxylic acids is 2. The lowest BCUT2D eigenvalue weighted by Crippen LogP contribution is -2.53. The highest BCUT2D eigenvalue weighted by atomic mass is 32.2. The van der Waals surface area contributed by atoms with Crippen LogP contribution in [0.15, 0.2) is 77.7 Å². The Labute approximate surface area is 232 Å². The summed E-state index contributed by atoms with van der Waals surface area (Å²) in [6.45, 7) is 11.1. The lowest BCUT2D eigenvalue weighted by molar-refractivity contribution is -0.140. The quantitative estimate of drug-likeness (QED) is 0.359. The number of rotatable bonds is 11. The summed E-state index contributed by atoms with van der Waals surface area (Å²) < 4.78 is 28.9. The molecule has 39 heavy (non-hydrogen) atoms. The van der Waals surface area contributed by atoms with Crippen LogP contribution < -0.4 is 9.62 Å². The van der Waals surface area contributed by atoms with Crippen molar-refractivity contribution in [3.63, 3.8) is 0 Å². The Bertz CT molecular complexity index is 1390. The summed E-state index contributed by atoms with van der Waals surface area (Å²) in [5, 5.41) is 2.91. The van der Waals surface area contributed by atoms with E-state index in [4.69, 9.17) is 0 Å². The van der Waals surface area contributed by atoms with Crippen molar-refractivity contribution in [2.45, 2.75) is 71.5 Å². The van der Waals surface area contributed by atoms with Crippen LogP contribution >= 0.6 is 0 Å². The first kappa shape index (κ1) is 29.9. The second-order valence-corrected chi connectivity index (χ2v) is 12.1. The van der Waals surface area contributed by atoms with Crippen LogP contribution in [0.5, 0.6) is 0 Å². The first-order valence-electron chi connectivity index (χ1n) is 13.2. The van der Waals surface area contributed by atoms with Gasteiger partial charge in [0.05, 0.1) is 10.6 Å². The van der Waals surface area contributed by atoms with Crippen molar-refractivity contribution >= 4 is 27.5 Å². The molecule has 2 amide bonds. The van der Waals surface area contributed by atoms with E-state index in [2.05, 4.69) is 5.32 Å². The second-order valence-electron chi connectivity index (χ2n) is 10.2. The average Bonchev–Trinajstić information content (AvgIpc) is 2.90. The summed E-state index contributed by atoms with van der Waals surface area (Å²) >= 11 is 0. The Morgan fingerprint density at radius 3 is 2.08 bits per heavy atom. The highest BCUT2D eigenvalue weighted by molar-refractivity contribution is 7.92. The van der Waals surface area contributed by atoms with Gasteiger partial charge in [0.25, 0.3) is 10.0 Å². The number of anilines is 1. The molecule has 3 aromatic carbocycles. The standard InChI is InChI=1S/C31H39N3O4S/c1-7-29(31(36)32-22(2)3)33(20-26-16-13-23(4)14-17-26)30(35)21-34(27-18-15-24(5)25(6)19-27)39(37,38)28-11-9-8-10-12-28/h8-19,22,29H,7,20-21H2,1-6H3,(H,32,36)/t29-/m0/s1. The van der Waals surface area contributed by atoms with Crippen LogP contribution in [-0.4, -0.2) is 43.8 Å². The molecule has 0 aliphatic carbocycles. The van der Waals surface area contributed by atoms with Crippen LogP contribution in [0.2, 0.25) is 0 Å². The Morgan fingerprint density at radius 1 is 0.872 bits per heavy atom. The Morgan fingerprint density at radius 2 is 1.51 bits per heavy atom. The summed E-state index contributed by atoms with van der Waals surface area (Å²) in [7, 11) is -4.08. The number of amides is 2. The molecule has 3 rings (SSSR count). The van der Waals surface area contributed by atoms with E-state index in [1.165, 1.54) is 17.0 Å². The summed E-state index contributed by atoms with van der Waals surface area (Å²) in [5.41, 5.74) is 4.25. The third-order valence-electron chi connectivity index (χ3n) is 6.68. The molecule has 0 unspecified atom stereocenters. The van der Waals surface area contributed by atoms with Gasteiger partial charge in [-0.3, -0.25) is 13.9 Å². The summed E-state index contributed by atoms with van der Waals surface area (Å²) in [6.07, 6.45) is 0.380. The topological polar surface area (TPSA) is 86.8 Å². The van der Waals surface area contributed by atoms with Gasteiger partial charge < -0.3 is 10.2 Å². The van der Waals surface area contributed by atoms with Crippen molar-refractivity contribution in [1.29, 1.82) is 0 Å². The van der Waals surface area contributed by atoms with E-state index in [1.807, 2.05) is 71.9 Å². The Hall–Kier alpha value is -3.65. The Balaban J connectivity index is 2.07. The lowest BCUT2D eigenvalue weighted by Gasteiger charge is -2.33. The molecule has 0 aromatic heterocycles. The molecule has 8 heteroatoms. The molecule has 0 radical (unpaired) electrons. The monoisotopic (exact) mass is 549 g/mol. The molecule has 0 saturated carbocycles. The number of benzene rings is 3. The van der Waals surface area contributed by atoms with Crippen LogP contribution in [0.3, 0.4) is 0 Å². The lowest BCUT2D eigenvalue weighted by atomic mass is 10.1. The summed E-state index contributed by atoms with van der Waals surface area (Å²) in [5.74, 6) is -0.726. The zero-order valence-electron chi connectivity index (χ0n) is 23.6. The molecule has 1 N–H and O–H groups in total. The van der Waals surface area contributed by atoms with Crippen molar-refractivity contribution in [3.8, 4) is 0 Å². The van der Waals surface area contributed by atoms with Crippen LogP contribution in [0, 0.1) is 20.8 Å². The molecule has 208 valence electrons.